The number of hydrogen-bond acceptors (Lipinski definition) is 5. The van der Waals surface area contributed by atoms with Gasteiger partial charge in [-0.3, -0.25) is 14.9 Å². The SMILES string of the molecule is COC(=O)CNC(=O)c1cccc(/C=C\CCCNC(C)O)c1. The standard InChI is InChI=1S/C17H24N2O4/c1-13(20)18-10-5-3-4-7-14-8-6-9-15(11-14)17(22)19-12-16(21)23-2/h4,6-9,11,13,18,20H,3,5,10,12H2,1-2H3,(H,19,22)/b7-4-. The van der Waals surface area contributed by atoms with E-state index in [0.717, 1.165) is 24.9 Å². The van der Waals surface area contributed by atoms with Gasteiger partial charge in [-0.05, 0) is 44.0 Å². The summed E-state index contributed by atoms with van der Waals surface area (Å²) < 4.78 is 4.47. The summed E-state index contributed by atoms with van der Waals surface area (Å²) in [5, 5.41) is 14.5. The van der Waals surface area contributed by atoms with Gasteiger partial charge in [-0.2, -0.15) is 0 Å². The second kappa shape index (κ2) is 10.5. The second-order valence-corrected chi connectivity index (χ2v) is 5.06. The van der Waals surface area contributed by atoms with Gasteiger partial charge in [0.2, 0.25) is 0 Å². The average Bonchev–Trinajstić information content (AvgIpc) is 2.55. The van der Waals surface area contributed by atoms with Gasteiger partial charge in [0.25, 0.3) is 5.91 Å². The molecule has 1 rings (SSSR count). The number of aliphatic hydroxyl groups excluding tert-OH is 1. The van der Waals surface area contributed by atoms with Crippen molar-refractivity contribution < 1.29 is 19.4 Å². The molecule has 0 aliphatic carbocycles. The summed E-state index contributed by atoms with van der Waals surface area (Å²) in [5.41, 5.74) is 1.41. The number of hydrogen-bond donors (Lipinski definition) is 3. The Morgan fingerprint density at radius 2 is 2.17 bits per heavy atom. The van der Waals surface area contributed by atoms with Crippen molar-refractivity contribution in [2.45, 2.75) is 26.0 Å². The molecule has 0 fully saturated rings. The van der Waals surface area contributed by atoms with Crippen LogP contribution < -0.4 is 10.6 Å². The maximum atomic E-state index is 11.9. The van der Waals surface area contributed by atoms with Crippen LogP contribution >= 0.6 is 0 Å². The largest absolute Gasteiger partial charge is 0.468 e. The first-order valence-electron chi connectivity index (χ1n) is 7.56. The Kier molecular flexibility index (Phi) is 8.64. The molecule has 1 aromatic carbocycles. The molecule has 0 aliphatic rings. The fourth-order valence-electron chi connectivity index (χ4n) is 1.86. The van der Waals surface area contributed by atoms with E-state index in [2.05, 4.69) is 15.4 Å². The molecule has 1 atom stereocenters. The van der Waals surface area contributed by atoms with E-state index in [1.54, 1.807) is 25.1 Å². The molecule has 1 unspecified atom stereocenters. The Labute approximate surface area is 136 Å². The van der Waals surface area contributed by atoms with E-state index in [4.69, 9.17) is 5.11 Å². The molecule has 6 heteroatoms. The third-order valence-corrected chi connectivity index (χ3v) is 3.07. The fraction of sp³-hybridized carbons (Fsp3) is 0.412. The van der Waals surface area contributed by atoms with Crippen molar-refractivity contribution in [3.8, 4) is 0 Å². The van der Waals surface area contributed by atoms with E-state index in [1.807, 2.05) is 18.2 Å². The van der Waals surface area contributed by atoms with E-state index in [0.29, 0.717) is 5.56 Å². The molecule has 1 amide bonds. The van der Waals surface area contributed by atoms with Crippen molar-refractivity contribution in [1.82, 2.24) is 10.6 Å². The van der Waals surface area contributed by atoms with Gasteiger partial charge in [0.1, 0.15) is 12.8 Å². The lowest BCUT2D eigenvalue weighted by Crippen LogP contribution is -2.30. The quantitative estimate of drug-likeness (QED) is 0.363. The summed E-state index contributed by atoms with van der Waals surface area (Å²) in [5.74, 6) is -0.799. The minimum atomic E-state index is -0.487. The predicted octanol–water partition coefficient (Wildman–Crippen LogP) is 1.31. The first-order valence-corrected chi connectivity index (χ1v) is 7.56. The van der Waals surface area contributed by atoms with Crippen LogP contribution in [0.25, 0.3) is 6.08 Å². The molecule has 23 heavy (non-hydrogen) atoms. The van der Waals surface area contributed by atoms with Crippen LogP contribution in [0, 0.1) is 0 Å². The van der Waals surface area contributed by atoms with E-state index in [1.165, 1.54) is 7.11 Å². The predicted molar refractivity (Wildman–Crippen MR) is 88.7 cm³/mol. The smallest absolute Gasteiger partial charge is 0.325 e. The highest BCUT2D eigenvalue weighted by Gasteiger charge is 2.07. The molecule has 0 heterocycles. The number of aliphatic hydroxyl groups is 1. The molecule has 0 bridgehead atoms. The lowest BCUT2D eigenvalue weighted by atomic mass is 10.1. The van der Waals surface area contributed by atoms with Crippen molar-refractivity contribution in [3.05, 3.63) is 41.5 Å². The zero-order chi connectivity index (χ0) is 17.1. The number of esters is 1. The van der Waals surface area contributed by atoms with Gasteiger partial charge in [-0.1, -0.05) is 24.3 Å². The number of methoxy groups -OCH3 is 1. The van der Waals surface area contributed by atoms with E-state index < -0.39 is 12.2 Å². The molecule has 0 aliphatic heterocycles. The van der Waals surface area contributed by atoms with Crippen molar-refractivity contribution >= 4 is 18.0 Å². The highest BCUT2D eigenvalue weighted by Crippen LogP contribution is 2.08. The lowest BCUT2D eigenvalue weighted by molar-refractivity contribution is -0.139. The molecular formula is C17H24N2O4. The Morgan fingerprint density at radius 3 is 2.87 bits per heavy atom. The minimum absolute atomic E-state index is 0.147. The third kappa shape index (κ3) is 8.13. The van der Waals surface area contributed by atoms with Crippen LogP contribution in [0.1, 0.15) is 35.7 Å². The minimum Gasteiger partial charge on any atom is -0.468 e. The monoisotopic (exact) mass is 320 g/mol. The molecule has 126 valence electrons. The molecule has 6 nitrogen and oxygen atoms in total. The van der Waals surface area contributed by atoms with Crippen LogP contribution in [0.5, 0.6) is 0 Å². The number of unbranched alkanes of at least 4 members (excludes halogenated alkanes) is 1. The summed E-state index contributed by atoms with van der Waals surface area (Å²) in [6.45, 7) is 2.29. The molecule has 0 spiro atoms. The second-order valence-electron chi connectivity index (χ2n) is 5.06. The van der Waals surface area contributed by atoms with Crippen LogP contribution in [-0.2, 0) is 9.53 Å². The summed E-state index contributed by atoms with van der Waals surface area (Å²) in [6, 6.07) is 7.15. The van der Waals surface area contributed by atoms with Crippen LogP contribution in [0.2, 0.25) is 0 Å². The Hall–Kier alpha value is -2.18. The number of amides is 1. The zero-order valence-corrected chi connectivity index (χ0v) is 13.5. The van der Waals surface area contributed by atoms with Crippen LogP contribution in [0.15, 0.2) is 30.3 Å². The molecule has 3 N–H and O–H groups in total. The van der Waals surface area contributed by atoms with Gasteiger partial charge in [0, 0.05) is 5.56 Å². The highest BCUT2D eigenvalue weighted by atomic mass is 16.5. The van der Waals surface area contributed by atoms with Gasteiger partial charge in [0.15, 0.2) is 0 Å². The first kappa shape index (κ1) is 18.9. The maximum absolute atomic E-state index is 11.9. The van der Waals surface area contributed by atoms with Crippen molar-refractivity contribution in [1.29, 1.82) is 0 Å². The molecular weight excluding hydrogens is 296 g/mol. The number of benzene rings is 1. The van der Waals surface area contributed by atoms with Gasteiger partial charge in [0.05, 0.1) is 7.11 Å². The Bertz CT molecular complexity index is 541. The number of carbonyl (C=O) groups excluding carboxylic acids is 2. The summed E-state index contributed by atoms with van der Waals surface area (Å²) in [6.07, 6.45) is 5.27. The van der Waals surface area contributed by atoms with Crippen LogP contribution in [0.4, 0.5) is 0 Å². The van der Waals surface area contributed by atoms with E-state index in [-0.39, 0.29) is 12.5 Å². The topological polar surface area (TPSA) is 87.7 Å². The van der Waals surface area contributed by atoms with Gasteiger partial charge < -0.3 is 15.2 Å². The average molecular weight is 320 g/mol. The van der Waals surface area contributed by atoms with Crippen molar-refractivity contribution in [2.24, 2.45) is 0 Å². The number of ether oxygens (including phenoxy) is 1. The number of allylic oxidation sites excluding steroid dienone is 1. The normalized spacial score (nSPS) is 12.1. The zero-order valence-electron chi connectivity index (χ0n) is 13.5. The molecule has 0 saturated heterocycles. The number of carbonyl (C=O) groups is 2. The molecule has 0 radical (unpaired) electrons. The van der Waals surface area contributed by atoms with E-state index >= 15 is 0 Å². The van der Waals surface area contributed by atoms with Crippen LogP contribution in [-0.4, -0.2) is 43.4 Å². The van der Waals surface area contributed by atoms with E-state index in [9.17, 15) is 9.59 Å². The Balaban J connectivity index is 2.46. The molecule has 0 aromatic heterocycles. The van der Waals surface area contributed by atoms with Gasteiger partial charge in [-0.15, -0.1) is 0 Å². The highest BCUT2D eigenvalue weighted by molar-refractivity contribution is 5.96. The van der Waals surface area contributed by atoms with Gasteiger partial charge in [-0.25, -0.2) is 0 Å². The number of nitrogens with one attached hydrogen (secondary N) is 2. The fourth-order valence-corrected chi connectivity index (χ4v) is 1.86. The molecule has 0 saturated carbocycles. The summed E-state index contributed by atoms with van der Waals surface area (Å²) in [4.78, 5) is 22.9. The number of rotatable bonds is 9. The van der Waals surface area contributed by atoms with Crippen LogP contribution in [0.3, 0.4) is 0 Å². The van der Waals surface area contributed by atoms with Gasteiger partial charge >= 0.3 is 5.97 Å². The van der Waals surface area contributed by atoms with Crippen molar-refractivity contribution in [3.63, 3.8) is 0 Å². The Morgan fingerprint density at radius 1 is 1.39 bits per heavy atom. The van der Waals surface area contributed by atoms with Crippen molar-refractivity contribution in [2.75, 3.05) is 20.2 Å². The molecule has 1 aromatic rings. The lowest BCUT2D eigenvalue weighted by Gasteiger charge is -2.05. The summed E-state index contributed by atoms with van der Waals surface area (Å²) in [7, 11) is 1.27. The summed E-state index contributed by atoms with van der Waals surface area (Å²) >= 11 is 0. The third-order valence-electron chi connectivity index (χ3n) is 3.07. The maximum Gasteiger partial charge on any atom is 0.325 e. The first-order chi connectivity index (χ1) is 11.0.